The molecule has 7 atom stereocenters. The molecule has 0 saturated carbocycles. The van der Waals surface area contributed by atoms with E-state index in [1.54, 1.807) is 20.9 Å². The van der Waals surface area contributed by atoms with Crippen LogP contribution in [-0.2, 0) is 19.1 Å². The van der Waals surface area contributed by atoms with Crippen LogP contribution in [0.3, 0.4) is 0 Å². The number of ether oxygens (including phenoxy) is 1. The van der Waals surface area contributed by atoms with Gasteiger partial charge in [-0.3, -0.25) is 9.59 Å². The molecule has 0 aliphatic carbocycles. The Morgan fingerprint density at radius 3 is 2.11 bits per heavy atom. The molecule has 0 radical (unpaired) electrons. The van der Waals surface area contributed by atoms with Crippen molar-refractivity contribution in [1.82, 2.24) is 10.2 Å². The fourth-order valence-corrected chi connectivity index (χ4v) is 4.59. The van der Waals surface area contributed by atoms with E-state index in [0.717, 1.165) is 19.3 Å². The van der Waals surface area contributed by atoms with E-state index in [2.05, 4.69) is 5.32 Å². The van der Waals surface area contributed by atoms with Crippen LogP contribution >= 0.6 is 0 Å². The molecule has 0 bridgehead atoms. The summed E-state index contributed by atoms with van der Waals surface area (Å²) in [7, 11) is 1.61. The minimum absolute atomic E-state index is 0.0461. The largest absolute Gasteiger partial charge is 0.460 e. The number of rotatable bonds is 10. The molecule has 1 rings (SSSR count). The Morgan fingerprint density at radius 2 is 1.57 bits per heavy atom. The van der Waals surface area contributed by atoms with Gasteiger partial charge in [0, 0.05) is 13.5 Å². The van der Waals surface area contributed by atoms with Crippen LogP contribution < -0.4 is 5.32 Å². The molecule has 0 spiro atoms. The van der Waals surface area contributed by atoms with Crippen molar-refractivity contribution >= 4 is 17.8 Å². The number of hydrogen-bond acceptors (Lipinski definition) is 6. The van der Waals surface area contributed by atoms with Gasteiger partial charge < -0.3 is 25.2 Å². The average molecular weight is 499 g/mol. The molecule has 0 unspecified atom stereocenters. The highest BCUT2D eigenvalue weighted by atomic mass is 16.5. The third-order valence-corrected chi connectivity index (χ3v) is 7.00. The maximum Gasteiger partial charge on any atom is 0.329 e. The smallest absolute Gasteiger partial charge is 0.329 e. The first-order chi connectivity index (χ1) is 16.2. The summed E-state index contributed by atoms with van der Waals surface area (Å²) in [5.41, 5.74) is 0. The van der Waals surface area contributed by atoms with Crippen molar-refractivity contribution in [3.63, 3.8) is 0 Å². The Kier molecular flexibility index (Phi) is 13.2. The highest BCUT2D eigenvalue weighted by molar-refractivity contribution is 5.91. The Hall–Kier alpha value is -1.67. The van der Waals surface area contributed by atoms with Gasteiger partial charge >= 0.3 is 5.97 Å². The number of amides is 2. The molecule has 204 valence electrons. The minimum Gasteiger partial charge on any atom is -0.460 e. The lowest BCUT2D eigenvalue weighted by Gasteiger charge is -2.36. The van der Waals surface area contributed by atoms with Crippen LogP contribution in [0.25, 0.3) is 0 Å². The molecule has 8 nitrogen and oxygen atoms in total. The highest BCUT2D eigenvalue weighted by Gasteiger charge is 2.38. The van der Waals surface area contributed by atoms with E-state index >= 15 is 0 Å². The number of nitrogens with one attached hydrogen (secondary N) is 1. The second-order valence-electron chi connectivity index (χ2n) is 11.5. The third kappa shape index (κ3) is 10.5. The normalized spacial score (nSPS) is 28.9. The number of unbranched alkanes of at least 4 members (excludes halogenated alkanes) is 1. The SMILES string of the molecule is CC(C)C[C@H]1NC(=O)[C@H](C)[C@H](O)C[C@@H]([C@@H](C)CCCC[C@@H](C)O)OC(=O)[C@H](CC(C)C)N(C)C1=O. The fourth-order valence-electron chi connectivity index (χ4n) is 4.59. The Labute approximate surface area is 212 Å². The molecule has 0 aromatic rings. The average Bonchev–Trinajstić information content (AvgIpc) is 2.76. The first-order valence-corrected chi connectivity index (χ1v) is 13.4. The van der Waals surface area contributed by atoms with Gasteiger partial charge in [0.25, 0.3) is 0 Å². The lowest BCUT2D eigenvalue weighted by atomic mass is 9.89. The number of nitrogens with zero attached hydrogens (tertiary/aromatic N) is 1. The highest BCUT2D eigenvalue weighted by Crippen LogP contribution is 2.26. The quantitative estimate of drug-likeness (QED) is 0.314. The number of carbonyl (C=O) groups is 3. The molecular weight excluding hydrogens is 448 g/mol. The van der Waals surface area contributed by atoms with Gasteiger partial charge in [0.15, 0.2) is 0 Å². The maximum absolute atomic E-state index is 13.4. The van der Waals surface area contributed by atoms with Gasteiger partial charge in [-0.1, -0.05) is 54.4 Å². The van der Waals surface area contributed by atoms with E-state index in [1.165, 1.54) is 4.90 Å². The van der Waals surface area contributed by atoms with Crippen molar-refractivity contribution in [3.05, 3.63) is 0 Å². The van der Waals surface area contributed by atoms with Crippen LogP contribution in [0.4, 0.5) is 0 Å². The summed E-state index contributed by atoms with van der Waals surface area (Å²) in [6, 6.07) is -1.54. The van der Waals surface area contributed by atoms with Gasteiger partial charge in [-0.15, -0.1) is 0 Å². The Morgan fingerprint density at radius 1 is 1.00 bits per heavy atom. The lowest BCUT2D eigenvalue weighted by molar-refractivity contribution is -0.165. The number of esters is 1. The Bertz CT molecular complexity index is 681. The Balaban J connectivity index is 3.24. The first kappa shape index (κ1) is 31.4. The van der Waals surface area contributed by atoms with Crippen LogP contribution in [0.5, 0.6) is 0 Å². The molecule has 1 heterocycles. The molecular formula is C27H50N2O6. The minimum atomic E-state index is -1.01. The number of likely N-dealkylation sites (N-methyl/N-ethyl adjacent to an activating group) is 1. The van der Waals surface area contributed by atoms with Gasteiger partial charge in [-0.05, 0) is 50.4 Å². The molecule has 35 heavy (non-hydrogen) atoms. The molecule has 1 aliphatic rings. The summed E-state index contributed by atoms with van der Waals surface area (Å²) in [5, 5.41) is 23.3. The molecule has 2 amide bonds. The third-order valence-electron chi connectivity index (χ3n) is 7.00. The summed E-state index contributed by atoms with van der Waals surface area (Å²) in [6.45, 7) is 13.3. The number of hydrogen-bond donors (Lipinski definition) is 3. The van der Waals surface area contributed by atoms with Crippen molar-refractivity contribution in [2.24, 2.45) is 23.7 Å². The van der Waals surface area contributed by atoms with Crippen LogP contribution in [0, 0.1) is 23.7 Å². The van der Waals surface area contributed by atoms with Crippen LogP contribution in [-0.4, -0.2) is 70.3 Å². The predicted octanol–water partition coefficient (Wildman–Crippen LogP) is 3.28. The number of aliphatic hydroxyl groups excluding tert-OH is 2. The second kappa shape index (κ2) is 14.8. The lowest BCUT2D eigenvalue weighted by Crippen LogP contribution is -2.55. The molecule has 3 N–H and O–H groups in total. The van der Waals surface area contributed by atoms with Crippen molar-refractivity contribution in [1.29, 1.82) is 0 Å². The summed E-state index contributed by atoms with van der Waals surface area (Å²) < 4.78 is 5.99. The summed E-state index contributed by atoms with van der Waals surface area (Å²) >= 11 is 0. The molecule has 1 fully saturated rings. The van der Waals surface area contributed by atoms with Crippen LogP contribution in [0.1, 0.15) is 93.4 Å². The van der Waals surface area contributed by atoms with E-state index in [4.69, 9.17) is 4.74 Å². The fraction of sp³-hybridized carbons (Fsp3) is 0.889. The zero-order valence-electron chi connectivity index (χ0n) is 23.1. The molecule has 1 saturated heterocycles. The number of aliphatic hydroxyl groups is 2. The standard InChI is InChI=1S/C27H50N2O6/c1-16(2)13-21-26(33)29(8)22(14-17(3)4)27(34)35-24(15-23(31)20(7)25(32)28-21)18(5)11-9-10-12-19(6)30/h16-24,30-31H,9-15H2,1-8H3,(H,28,32)/t18-,19+,20+,21+,22-,23+,24-/m0/s1. The van der Waals surface area contributed by atoms with Gasteiger partial charge in [-0.25, -0.2) is 4.79 Å². The monoisotopic (exact) mass is 498 g/mol. The van der Waals surface area contributed by atoms with Crippen molar-refractivity contribution in [2.75, 3.05) is 7.05 Å². The van der Waals surface area contributed by atoms with Crippen LogP contribution in [0.15, 0.2) is 0 Å². The number of cyclic esters (lactones) is 1. The van der Waals surface area contributed by atoms with Gasteiger partial charge in [0.1, 0.15) is 18.2 Å². The van der Waals surface area contributed by atoms with Crippen molar-refractivity contribution in [3.8, 4) is 0 Å². The zero-order chi connectivity index (χ0) is 26.9. The van der Waals surface area contributed by atoms with Gasteiger partial charge in [0.05, 0.1) is 18.1 Å². The maximum atomic E-state index is 13.4. The molecule has 0 aromatic carbocycles. The van der Waals surface area contributed by atoms with E-state index in [9.17, 15) is 24.6 Å². The summed E-state index contributed by atoms with van der Waals surface area (Å²) in [4.78, 5) is 41.3. The predicted molar refractivity (Wildman–Crippen MR) is 136 cm³/mol. The molecule has 0 aromatic heterocycles. The van der Waals surface area contributed by atoms with Gasteiger partial charge in [-0.2, -0.15) is 0 Å². The van der Waals surface area contributed by atoms with Crippen molar-refractivity contribution < 1.29 is 29.3 Å². The second-order valence-corrected chi connectivity index (χ2v) is 11.5. The molecule has 1 aliphatic heterocycles. The van der Waals surface area contributed by atoms with Crippen LogP contribution in [0.2, 0.25) is 0 Å². The zero-order valence-corrected chi connectivity index (χ0v) is 23.1. The van der Waals surface area contributed by atoms with Gasteiger partial charge in [0.2, 0.25) is 11.8 Å². The number of carbonyl (C=O) groups excluding carboxylic acids is 3. The summed E-state index contributed by atoms with van der Waals surface area (Å²) in [6.07, 6.45) is 2.27. The molecule has 8 heteroatoms. The van der Waals surface area contributed by atoms with E-state index in [1.807, 2.05) is 34.6 Å². The van der Waals surface area contributed by atoms with E-state index < -0.39 is 36.2 Å². The van der Waals surface area contributed by atoms with E-state index in [-0.39, 0.29) is 42.1 Å². The first-order valence-electron chi connectivity index (χ1n) is 13.4. The topological polar surface area (TPSA) is 116 Å². The summed E-state index contributed by atoms with van der Waals surface area (Å²) in [5.74, 6) is -1.66. The van der Waals surface area contributed by atoms with Crippen molar-refractivity contribution in [2.45, 2.75) is 124 Å². The van der Waals surface area contributed by atoms with E-state index in [0.29, 0.717) is 19.3 Å².